The molecule has 2 heterocycles. The Kier molecular flexibility index (Phi) is 16.0. The lowest BCUT2D eigenvalue weighted by molar-refractivity contribution is 0.426. The quantitative estimate of drug-likeness (QED) is 0.118. The number of halogens is 1. The van der Waals surface area contributed by atoms with Gasteiger partial charge in [0.2, 0.25) is 0 Å². The molecule has 20 rings (SSSR count). The van der Waals surface area contributed by atoms with Crippen LogP contribution in [0.2, 0.25) is 0 Å². The van der Waals surface area contributed by atoms with Crippen molar-refractivity contribution in [1.29, 1.82) is 0 Å². The third-order valence-corrected chi connectivity index (χ3v) is 20.7. The van der Waals surface area contributed by atoms with Gasteiger partial charge in [0.1, 0.15) is 22.3 Å². The molecule has 0 unspecified atom stereocenters. The largest absolute Gasteiger partial charge is 0.489 e. The molecule has 102 heavy (non-hydrogen) atoms. The lowest BCUT2D eigenvalue weighted by atomic mass is 9.72. The van der Waals surface area contributed by atoms with Gasteiger partial charge in [-0.3, -0.25) is 0 Å². The third kappa shape index (κ3) is 11.3. The molecule has 0 radical (unpaired) electrons. The summed E-state index contributed by atoms with van der Waals surface area (Å²) in [6.07, 6.45) is 0. The monoisotopic (exact) mass is 1370 g/mol. The second kappa shape index (κ2) is 26.4. The summed E-state index contributed by atoms with van der Waals surface area (Å²) in [6.45, 7) is 0. The first-order valence-electron chi connectivity index (χ1n) is 34.4. The van der Waals surface area contributed by atoms with Crippen LogP contribution in [-0.4, -0.2) is 17.2 Å². The molecule has 0 aliphatic carbocycles. The Bertz CT molecular complexity index is 6470. The second-order valence-electron chi connectivity index (χ2n) is 26.0. The highest BCUT2D eigenvalue weighted by Gasteiger charge is 2.23. The number of furan rings is 2. The lowest BCUT2D eigenvalue weighted by Crippen LogP contribution is -2.31. The zero-order valence-corrected chi connectivity index (χ0v) is 56.9. The first-order valence-corrected chi connectivity index (χ1v) is 35.2. The molecular formula is C96H62BBrO4. The Morgan fingerprint density at radius 3 is 0.843 bits per heavy atom. The van der Waals surface area contributed by atoms with E-state index in [0.29, 0.717) is 5.46 Å². The van der Waals surface area contributed by atoms with E-state index in [1.165, 1.54) is 121 Å². The maximum Gasteiger partial charge on any atom is 0.489 e. The molecule has 18 aromatic carbocycles. The highest BCUT2D eigenvalue weighted by Crippen LogP contribution is 2.46. The summed E-state index contributed by atoms with van der Waals surface area (Å²) in [4.78, 5) is 0. The predicted molar refractivity (Wildman–Crippen MR) is 434 cm³/mol. The van der Waals surface area contributed by atoms with E-state index in [-0.39, 0.29) is 0 Å². The van der Waals surface area contributed by atoms with E-state index in [9.17, 15) is 10.0 Å². The van der Waals surface area contributed by atoms with Crippen molar-refractivity contribution in [3.8, 4) is 77.9 Å². The zero-order chi connectivity index (χ0) is 68.2. The van der Waals surface area contributed by atoms with Crippen molar-refractivity contribution >= 4 is 137 Å². The fourth-order valence-electron chi connectivity index (χ4n) is 15.4. The molecule has 0 aliphatic heterocycles. The molecule has 0 saturated carbocycles. The molecule has 0 amide bonds. The van der Waals surface area contributed by atoms with Gasteiger partial charge in [-0.05, 0) is 197 Å². The van der Waals surface area contributed by atoms with Gasteiger partial charge >= 0.3 is 7.12 Å². The van der Waals surface area contributed by atoms with Crippen molar-refractivity contribution < 1.29 is 18.9 Å². The maximum absolute atomic E-state index is 10.2. The summed E-state index contributed by atoms with van der Waals surface area (Å²) in [5.41, 5.74) is 21.1. The van der Waals surface area contributed by atoms with Gasteiger partial charge in [-0.1, -0.05) is 331 Å². The molecule has 0 saturated heterocycles. The molecule has 2 aromatic heterocycles. The van der Waals surface area contributed by atoms with Gasteiger partial charge in [-0.2, -0.15) is 0 Å². The Hall–Kier alpha value is -12.4. The number of hydrogen-bond donors (Lipinski definition) is 2. The predicted octanol–water partition coefficient (Wildman–Crippen LogP) is 25.9. The Morgan fingerprint density at radius 2 is 0.471 bits per heavy atom. The van der Waals surface area contributed by atoms with Crippen LogP contribution in [-0.2, 0) is 0 Å². The maximum atomic E-state index is 10.2. The summed E-state index contributed by atoms with van der Waals surface area (Å²) < 4.78 is 13.0. The minimum Gasteiger partial charge on any atom is -0.456 e. The van der Waals surface area contributed by atoms with Gasteiger partial charge < -0.3 is 18.9 Å². The zero-order valence-electron chi connectivity index (χ0n) is 55.3. The van der Waals surface area contributed by atoms with Crippen LogP contribution in [0, 0.1) is 0 Å². The number of fused-ring (bicyclic) bond motifs is 12. The minimum atomic E-state index is -1.54. The van der Waals surface area contributed by atoms with Crippen molar-refractivity contribution in [3.63, 3.8) is 0 Å². The van der Waals surface area contributed by atoms with Crippen molar-refractivity contribution in [2.45, 2.75) is 0 Å². The van der Waals surface area contributed by atoms with Gasteiger partial charge in [0.05, 0.1) is 0 Å². The first kappa shape index (κ1) is 61.9. The molecule has 4 nitrogen and oxygen atoms in total. The van der Waals surface area contributed by atoms with Gasteiger partial charge in [-0.25, -0.2) is 0 Å². The van der Waals surface area contributed by atoms with Crippen LogP contribution in [0.1, 0.15) is 0 Å². The van der Waals surface area contributed by atoms with Gasteiger partial charge in [0.15, 0.2) is 0 Å². The van der Waals surface area contributed by atoms with Crippen molar-refractivity contribution in [1.82, 2.24) is 0 Å². The Balaban J connectivity index is 0.000000121. The van der Waals surface area contributed by atoms with Gasteiger partial charge in [0, 0.05) is 26.0 Å². The standard InChI is InChI=1S/C48H30O.C30H21BO2.C18H11BrO/c1-2-12-37-32(10-1)11-9-18-38(37)33-22-26-35(27-23-33)48-42-16-5-3-14-40(42)47(41-15-4-6-17-43(41)48)34-24-20-31(21-25-34)36-28-29-46-44(30-36)39-13-7-8-19-45(39)49-46;32-31(33)30-27-13-5-3-11-25(27)29(26-12-4-6-14-28(26)30)22-18-16-21(17-19-22)24-15-7-9-20-8-1-2-10-23(20)24;19-14-8-5-12(6-9-14)13-7-10-18-16(11-13)15-3-1-2-4-17(15)20-18/h1-30H;1-19,32-33H;1-11H. The lowest BCUT2D eigenvalue weighted by Gasteiger charge is -2.18. The molecule has 480 valence electrons. The minimum absolute atomic E-state index is 0.553. The van der Waals surface area contributed by atoms with Crippen LogP contribution >= 0.6 is 15.9 Å². The SMILES string of the molecule is Brc1ccc(-c2ccc3oc4ccccc4c3c2)cc1.OB(O)c1c2ccccc2c(-c2ccc(-c3cccc4ccccc34)cc2)c2ccccc12.c1ccc2c(-c3ccc(-c4c5ccccc5c(-c5ccc(-c6ccc7oc8ccccc8c7c6)cc5)c5ccccc45)cc3)cccc2c1. The third-order valence-electron chi connectivity index (χ3n) is 20.1. The average molecular weight is 1370 g/mol. The van der Waals surface area contributed by atoms with E-state index in [1.54, 1.807) is 0 Å². The summed E-state index contributed by atoms with van der Waals surface area (Å²) in [5.74, 6) is 0. The molecule has 0 aliphatic rings. The highest BCUT2D eigenvalue weighted by molar-refractivity contribution is 9.10. The van der Waals surface area contributed by atoms with Crippen LogP contribution < -0.4 is 5.46 Å². The average Bonchev–Trinajstić information content (AvgIpc) is 1.65. The second-order valence-corrected chi connectivity index (χ2v) is 26.9. The fraction of sp³-hybridized carbons (Fsp3) is 0. The van der Waals surface area contributed by atoms with Crippen LogP contribution in [0.5, 0.6) is 0 Å². The van der Waals surface area contributed by atoms with E-state index in [2.05, 4.69) is 307 Å². The summed E-state index contributed by atoms with van der Waals surface area (Å²) >= 11 is 3.47. The van der Waals surface area contributed by atoms with Crippen LogP contribution in [0.25, 0.3) is 186 Å². The van der Waals surface area contributed by atoms with Gasteiger partial charge in [0.25, 0.3) is 0 Å². The Morgan fingerprint density at radius 1 is 0.206 bits per heavy atom. The number of benzene rings is 18. The summed E-state index contributed by atoms with van der Waals surface area (Å²) in [7, 11) is -1.54. The summed E-state index contributed by atoms with van der Waals surface area (Å²) in [6, 6.07) is 128. The Labute approximate surface area is 598 Å². The van der Waals surface area contributed by atoms with E-state index in [0.717, 1.165) is 70.2 Å². The van der Waals surface area contributed by atoms with E-state index in [4.69, 9.17) is 8.83 Å². The fourth-order valence-corrected chi connectivity index (χ4v) is 15.6. The van der Waals surface area contributed by atoms with E-state index in [1.807, 2.05) is 72.8 Å². The van der Waals surface area contributed by atoms with Crippen molar-refractivity contribution in [2.24, 2.45) is 0 Å². The normalized spacial score (nSPS) is 11.5. The smallest absolute Gasteiger partial charge is 0.456 e. The molecule has 2 N–H and O–H groups in total. The van der Waals surface area contributed by atoms with Crippen LogP contribution in [0.3, 0.4) is 0 Å². The number of rotatable bonds is 8. The van der Waals surface area contributed by atoms with Crippen LogP contribution in [0.15, 0.2) is 377 Å². The highest BCUT2D eigenvalue weighted by atomic mass is 79.9. The van der Waals surface area contributed by atoms with E-state index >= 15 is 0 Å². The molecule has 6 heteroatoms. The van der Waals surface area contributed by atoms with E-state index < -0.39 is 7.12 Å². The summed E-state index contributed by atoms with van der Waals surface area (Å²) in [5, 5.41) is 38.8. The molecule has 0 bridgehead atoms. The van der Waals surface area contributed by atoms with Gasteiger partial charge in [-0.15, -0.1) is 0 Å². The van der Waals surface area contributed by atoms with Crippen molar-refractivity contribution in [2.75, 3.05) is 0 Å². The number of para-hydroxylation sites is 2. The molecule has 20 aromatic rings. The first-order chi connectivity index (χ1) is 50.3. The molecule has 0 spiro atoms. The van der Waals surface area contributed by atoms with Crippen LogP contribution in [0.4, 0.5) is 0 Å². The topological polar surface area (TPSA) is 66.7 Å². The van der Waals surface area contributed by atoms with Crippen molar-refractivity contribution in [3.05, 3.63) is 368 Å². The molecular weight excluding hydrogens is 1310 g/mol. The number of hydrogen-bond acceptors (Lipinski definition) is 4. The molecule has 0 fully saturated rings. The molecule has 0 atom stereocenters.